The Morgan fingerprint density at radius 1 is 1.20 bits per heavy atom. The fraction of sp³-hybridized carbons (Fsp3) is 0.526. The van der Waals surface area contributed by atoms with E-state index >= 15 is 0 Å². The van der Waals surface area contributed by atoms with Gasteiger partial charge in [-0.2, -0.15) is 18.3 Å². The first-order chi connectivity index (χ1) is 14.1. The molecule has 2 aromatic rings. The molecule has 1 fully saturated rings. The van der Waals surface area contributed by atoms with Crippen LogP contribution in [0, 0.1) is 6.92 Å². The van der Waals surface area contributed by atoms with Crippen molar-refractivity contribution in [2.24, 2.45) is 7.05 Å². The molecule has 0 aliphatic carbocycles. The highest BCUT2D eigenvalue weighted by atomic mass is 32.1. The number of halogens is 3. The average Bonchev–Trinajstić information content (AvgIpc) is 3.42. The summed E-state index contributed by atoms with van der Waals surface area (Å²) >= 11 is 1.85. The Labute approximate surface area is 175 Å². The van der Waals surface area contributed by atoms with Crippen molar-refractivity contribution in [1.82, 2.24) is 19.6 Å². The van der Waals surface area contributed by atoms with Crippen molar-refractivity contribution in [2.45, 2.75) is 45.6 Å². The summed E-state index contributed by atoms with van der Waals surface area (Å²) in [5, 5.41) is 11.6. The number of fused-ring (bicyclic) bond motifs is 1. The van der Waals surface area contributed by atoms with E-state index in [9.17, 15) is 18.0 Å². The van der Waals surface area contributed by atoms with Crippen LogP contribution in [0.15, 0.2) is 12.1 Å². The summed E-state index contributed by atoms with van der Waals surface area (Å²) in [6, 6.07) is 4.38. The van der Waals surface area contributed by atoms with Gasteiger partial charge in [-0.15, -0.1) is 11.3 Å². The lowest BCUT2D eigenvalue weighted by Gasteiger charge is -2.16. The van der Waals surface area contributed by atoms with Gasteiger partial charge < -0.3 is 10.0 Å². The molecule has 7 nitrogen and oxygen atoms in total. The molecule has 11 heteroatoms. The van der Waals surface area contributed by atoms with Gasteiger partial charge in [0.1, 0.15) is 0 Å². The number of carbonyl (C=O) groups excluding carboxylic acids is 1. The Bertz CT molecular complexity index is 932. The summed E-state index contributed by atoms with van der Waals surface area (Å²) in [6.07, 6.45) is -2.85. The quantitative estimate of drug-likeness (QED) is 0.787. The maximum absolute atomic E-state index is 12.7. The Hall–Kier alpha value is -2.40. The second-order valence-electron chi connectivity index (χ2n) is 7.36. The van der Waals surface area contributed by atoms with E-state index in [1.54, 1.807) is 0 Å². The number of amides is 1. The minimum atomic E-state index is -5.08. The van der Waals surface area contributed by atoms with Crippen molar-refractivity contribution in [3.05, 3.63) is 38.8 Å². The first kappa shape index (κ1) is 22.3. The van der Waals surface area contributed by atoms with Crippen LogP contribution in [0.5, 0.6) is 0 Å². The molecule has 4 rings (SSSR count). The normalized spacial score (nSPS) is 16.4. The molecule has 0 bridgehead atoms. The van der Waals surface area contributed by atoms with Gasteiger partial charge in [-0.3, -0.25) is 14.4 Å². The molecule has 2 aliphatic rings. The molecule has 2 aromatic heterocycles. The highest BCUT2D eigenvalue weighted by Gasteiger charge is 2.38. The largest absolute Gasteiger partial charge is 0.490 e. The number of carbonyl (C=O) groups is 2. The summed E-state index contributed by atoms with van der Waals surface area (Å²) < 4.78 is 33.6. The Morgan fingerprint density at radius 3 is 2.37 bits per heavy atom. The summed E-state index contributed by atoms with van der Waals surface area (Å²) in [4.78, 5) is 28.7. The van der Waals surface area contributed by atoms with E-state index in [1.165, 1.54) is 15.4 Å². The third-order valence-corrected chi connectivity index (χ3v) is 6.03. The summed E-state index contributed by atoms with van der Waals surface area (Å²) in [6.45, 7) is 6.55. The van der Waals surface area contributed by atoms with Crippen LogP contribution in [0.3, 0.4) is 0 Å². The number of aryl methyl sites for hydroxylation is 2. The molecule has 1 saturated heterocycles. The monoisotopic (exact) mass is 444 g/mol. The van der Waals surface area contributed by atoms with Crippen LogP contribution < -0.4 is 0 Å². The topological polar surface area (TPSA) is 78.7 Å². The number of carboxylic acid groups (broad SMARTS) is 1. The molecule has 30 heavy (non-hydrogen) atoms. The van der Waals surface area contributed by atoms with Crippen LogP contribution in [-0.4, -0.2) is 55.8 Å². The fourth-order valence-corrected chi connectivity index (χ4v) is 4.53. The van der Waals surface area contributed by atoms with Crippen molar-refractivity contribution in [3.63, 3.8) is 0 Å². The molecule has 164 valence electrons. The first-order valence-corrected chi connectivity index (χ1v) is 10.3. The van der Waals surface area contributed by atoms with E-state index < -0.39 is 12.1 Å². The van der Waals surface area contributed by atoms with Crippen molar-refractivity contribution in [3.8, 4) is 0 Å². The van der Waals surface area contributed by atoms with Gasteiger partial charge >= 0.3 is 12.1 Å². The van der Waals surface area contributed by atoms with Crippen LogP contribution >= 0.6 is 11.3 Å². The van der Waals surface area contributed by atoms with Crippen molar-refractivity contribution in [2.75, 3.05) is 13.1 Å². The van der Waals surface area contributed by atoms with E-state index in [1.807, 2.05) is 28.0 Å². The molecule has 1 N–H and O–H groups in total. The highest BCUT2D eigenvalue weighted by Crippen LogP contribution is 2.29. The molecular weight excluding hydrogens is 421 g/mol. The van der Waals surface area contributed by atoms with Gasteiger partial charge in [0.2, 0.25) is 0 Å². The van der Waals surface area contributed by atoms with Crippen LogP contribution in [0.25, 0.3) is 0 Å². The lowest BCUT2D eigenvalue weighted by atomic mass is 10.2. The van der Waals surface area contributed by atoms with Gasteiger partial charge in [0.15, 0.2) is 5.69 Å². The standard InChI is InChI=1S/C17H22N4OS.C2HF3O2/c1-12-5-6-13(23-12)9-20-10-14-15(11-20)19(2)18-16(14)17(22)21-7-3-4-8-21;3-2(4,5)1(6)7/h5-6H,3-4,7-11H2,1-2H3;(H,6,7). The van der Waals surface area contributed by atoms with Crippen molar-refractivity contribution < 1.29 is 27.9 Å². The van der Waals surface area contributed by atoms with Gasteiger partial charge in [0.25, 0.3) is 5.91 Å². The van der Waals surface area contributed by atoms with Gasteiger partial charge in [-0.1, -0.05) is 0 Å². The Morgan fingerprint density at radius 2 is 1.83 bits per heavy atom. The number of aromatic nitrogens is 2. The van der Waals surface area contributed by atoms with Gasteiger partial charge in [0.05, 0.1) is 5.69 Å². The maximum Gasteiger partial charge on any atom is 0.490 e. The zero-order valence-corrected chi connectivity index (χ0v) is 17.5. The van der Waals surface area contributed by atoms with Gasteiger partial charge in [-0.25, -0.2) is 4.79 Å². The number of alkyl halides is 3. The molecule has 0 saturated carbocycles. The average molecular weight is 444 g/mol. The number of rotatable bonds is 3. The molecule has 0 spiro atoms. The number of thiophene rings is 1. The smallest absolute Gasteiger partial charge is 0.475 e. The van der Waals surface area contributed by atoms with E-state index in [0.717, 1.165) is 51.1 Å². The number of nitrogens with zero attached hydrogens (tertiary/aromatic N) is 4. The molecule has 2 aliphatic heterocycles. The minimum Gasteiger partial charge on any atom is -0.475 e. The number of hydrogen-bond acceptors (Lipinski definition) is 5. The van der Waals surface area contributed by atoms with Crippen LogP contribution in [0.2, 0.25) is 0 Å². The molecule has 0 aromatic carbocycles. The first-order valence-electron chi connectivity index (χ1n) is 9.48. The highest BCUT2D eigenvalue weighted by molar-refractivity contribution is 7.11. The SMILES string of the molecule is Cc1ccc(CN2Cc3c(C(=O)N4CCCC4)nn(C)c3C2)s1.O=C(O)C(F)(F)F. The second-order valence-corrected chi connectivity index (χ2v) is 8.73. The number of aliphatic carboxylic acids is 1. The molecule has 0 radical (unpaired) electrons. The third-order valence-electron chi connectivity index (χ3n) is 5.04. The molecule has 0 unspecified atom stereocenters. The molecular formula is C19H23F3N4O3S. The lowest BCUT2D eigenvalue weighted by molar-refractivity contribution is -0.192. The van der Waals surface area contributed by atoms with Crippen LogP contribution in [0.4, 0.5) is 13.2 Å². The Balaban J connectivity index is 0.000000318. The summed E-state index contributed by atoms with van der Waals surface area (Å²) in [5.41, 5.74) is 3.01. The van der Waals surface area contributed by atoms with Crippen molar-refractivity contribution >= 4 is 23.2 Å². The van der Waals surface area contributed by atoms with Crippen LogP contribution in [0.1, 0.15) is 44.3 Å². The second kappa shape index (κ2) is 8.76. The third kappa shape index (κ3) is 5.01. The maximum atomic E-state index is 12.7. The van der Waals surface area contributed by atoms with E-state index in [4.69, 9.17) is 9.90 Å². The summed E-state index contributed by atoms with van der Waals surface area (Å²) in [7, 11) is 1.96. The van der Waals surface area contributed by atoms with Gasteiger partial charge in [-0.05, 0) is 31.9 Å². The Kier molecular flexibility index (Phi) is 6.51. The van der Waals surface area contributed by atoms with E-state index in [2.05, 4.69) is 29.1 Å². The summed E-state index contributed by atoms with van der Waals surface area (Å²) in [5.74, 6) is -2.64. The fourth-order valence-electron chi connectivity index (χ4n) is 3.60. The van der Waals surface area contributed by atoms with Crippen LogP contribution in [-0.2, 0) is 31.5 Å². The number of hydrogen-bond donors (Lipinski definition) is 1. The number of likely N-dealkylation sites (tertiary alicyclic amines) is 1. The molecule has 1 amide bonds. The number of carboxylic acids is 1. The zero-order valence-electron chi connectivity index (χ0n) is 16.7. The predicted molar refractivity (Wildman–Crippen MR) is 104 cm³/mol. The lowest BCUT2D eigenvalue weighted by Crippen LogP contribution is -2.29. The minimum absolute atomic E-state index is 0.119. The van der Waals surface area contributed by atoms with Crippen molar-refractivity contribution in [1.29, 1.82) is 0 Å². The predicted octanol–water partition coefficient (Wildman–Crippen LogP) is 3.18. The zero-order chi connectivity index (χ0) is 22.1. The van der Waals surface area contributed by atoms with Gasteiger partial charge in [0, 0.05) is 55.1 Å². The van der Waals surface area contributed by atoms with E-state index in [0.29, 0.717) is 5.69 Å². The molecule has 4 heterocycles. The van der Waals surface area contributed by atoms with E-state index in [-0.39, 0.29) is 5.91 Å². The molecule has 0 atom stereocenters.